The summed E-state index contributed by atoms with van der Waals surface area (Å²) in [6.07, 6.45) is -2.51. The first-order valence-electron chi connectivity index (χ1n) is 3.18. The fraction of sp³-hybridized carbons (Fsp3) is 0.286. The van der Waals surface area contributed by atoms with E-state index in [0.717, 1.165) is 0 Å². The lowest BCUT2D eigenvalue weighted by Gasteiger charge is -1.99. The van der Waals surface area contributed by atoms with Crippen molar-refractivity contribution in [3.63, 3.8) is 0 Å². The van der Waals surface area contributed by atoms with Crippen LogP contribution in [0.3, 0.4) is 0 Å². The van der Waals surface area contributed by atoms with Crippen LogP contribution in [0, 0.1) is 0 Å². The summed E-state index contributed by atoms with van der Waals surface area (Å²) >= 11 is 0. The molecular weight excluding hydrogens is 186 g/mol. The number of alkyl halides is 2. The van der Waals surface area contributed by atoms with Gasteiger partial charge in [-0.05, 0) is 12.1 Å². The predicted molar refractivity (Wildman–Crippen MR) is 44.3 cm³/mol. The Labute approximate surface area is 75.2 Å². The largest absolute Gasteiger partial charge is 0.325 e. The SMILES string of the molecule is Cl.NCc1cccc(C(F)F)n1. The van der Waals surface area contributed by atoms with Crippen molar-refractivity contribution in [3.05, 3.63) is 29.6 Å². The van der Waals surface area contributed by atoms with Crippen molar-refractivity contribution in [2.75, 3.05) is 0 Å². The molecule has 1 rings (SSSR count). The van der Waals surface area contributed by atoms with Gasteiger partial charge in [-0.3, -0.25) is 4.98 Å². The van der Waals surface area contributed by atoms with Gasteiger partial charge in [0.15, 0.2) is 0 Å². The van der Waals surface area contributed by atoms with Gasteiger partial charge in [0, 0.05) is 6.54 Å². The van der Waals surface area contributed by atoms with Crippen LogP contribution >= 0.6 is 12.4 Å². The van der Waals surface area contributed by atoms with Crippen LogP contribution in [0.5, 0.6) is 0 Å². The van der Waals surface area contributed by atoms with Crippen molar-refractivity contribution in [2.24, 2.45) is 5.73 Å². The number of hydrogen-bond donors (Lipinski definition) is 1. The number of rotatable bonds is 2. The lowest BCUT2D eigenvalue weighted by Crippen LogP contribution is -2.01. The minimum atomic E-state index is -2.51. The van der Waals surface area contributed by atoms with Crippen LogP contribution in [0.15, 0.2) is 18.2 Å². The first-order chi connectivity index (χ1) is 5.24. The maximum atomic E-state index is 12.0. The van der Waals surface area contributed by atoms with E-state index in [-0.39, 0.29) is 24.6 Å². The number of hydrogen-bond acceptors (Lipinski definition) is 2. The number of nitrogens with two attached hydrogens (primary N) is 1. The molecule has 1 aromatic heterocycles. The predicted octanol–water partition coefficient (Wildman–Crippen LogP) is 1.90. The van der Waals surface area contributed by atoms with Gasteiger partial charge in [0.2, 0.25) is 0 Å². The summed E-state index contributed by atoms with van der Waals surface area (Å²) in [5, 5.41) is 0. The zero-order chi connectivity index (χ0) is 8.27. The summed E-state index contributed by atoms with van der Waals surface area (Å²) in [4.78, 5) is 3.62. The second-order valence-electron chi connectivity index (χ2n) is 2.06. The molecule has 0 aromatic carbocycles. The van der Waals surface area contributed by atoms with Crippen molar-refractivity contribution in [3.8, 4) is 0 Å². The van der Waals surface area contributed by atoms with Crippen LogP contribution in [0.4, 0.5) is 8.78 Å². The smallest absolute Gasteiger partial charge is 0.280 e. The standard InChI is InChI=1S/C7H8F2N2.ClH/c8-7(9)6-3-1-2-5(4-10)11-6;/h1-3,7H,4,10H2;1H. The van der Waals surface area contributed by atoms with Crippen LogP contribution in [0.2, 0.25) is 0 Å². The van der Waals surface area contributed by atoms with E-state index in [9.17, 15) is 8.78 Å². The monoisotopic (exact) mass is 194 g/mol. The molecule has 0 aliphatic heterocycles. The van der Waals surface area contributed by atoms with E-state index < -0.39 is 6.43 Å². The average Bonchev–Trinajstić information content (AvgIpc) is 2.05. The Kier molecular flexibility index (Phi) is 4.70. The Morgan fingerprint density at radius 1 is 1.42 bits per heavy atom. The minimum Gasteiger partial charge on any atom is -0.325 e. The number of halogens is 3. The maximum absolute atomic E-state index is 12.0. The molecule has 0 aliphatic rings. The molecule has 5 heteroatoms. The third-order valence-corrected chi connectivity index (χ3v) is 1.26. The molecule has 0 bridgehead atoms. The van der Waals surface area contributed by atoms with Gasteiger partial charge in [0.25, 0.3) is 6.43 Å². The molecule has 2 nitrogen and oxygen atoms in total. The van der Waals surface area contributed by atoms with E-state index in [1.54, 1.807) is 6.07 Å². The van der Waals surface area contributed by atoms with Gasteiger partial charge in [0.05, 0.1) is 5.69 Å². The van der Waals surface area contributed by atoms with Crippen molar-refractivity contribution < 1.29 is 8.78 Å². The Bertz CT molecular complexity index is 243. The van der Waals surface area contributed by atoms with Crippen LogP contribution in [0.1, 0.15) is 17.8 Å². The highest BCUT2D eigenvalue weighted by atomic mass is 35.5. The molecule has 0 atom stereocenters. The molecule has 0 saturated heterocycles. The first-order valence-corrected chi connectivity index (χ1v) is 3.18. The summed E-state index contributed by atoms with van der Waals surface area (Å²) in [6.45, 7) is 0.195. The quantitative estimate of drug-likeness (QED) is 0.781. The molecule has 0 aliphatic carbocycles. The van der Waals surface area contributed by atoms with E-state index in [1.807, 2.05) is 0 Å². The van der Waals surface area contributed by atoms with Gasteiger partial charge in [-0.15, -0.1) is 12.4 Å². The molecule has 2 N–H and O–H groups in total. The van der Waals surface area contributed by atoms with E-state index in [1.165, 1.54) is 12.1 Å². The Morgan fingerprint density at radius 3 is 2.58 bits per heavy atom. The van der Waals surface area contributed by atoms with E-state index in [0.29, 0.717) is 5.69 Å². The third kappa shape index (κ3) is 2.71. The molecule has 0 amide bonds. The second kappa shape index (κ2) is 5.00. The van der Waals surface area contributed by atoms with Crippen molar-refractivity contribution in [1.29, 1.82) is 0 Å². The van der Waals surface area contributed by atoms with Crippen LogP contribution in [-0.4, -0.2) is 4.98 Å². The zero-order valence-electron chi connectivity index (χ0n) is 6.21. The highest BCUT2D eigenvalue weighted by Crippen LogP contribution is 2.15. The molecule has 0 unspecified atom stereocenters. The molecule has 0 saturated carbocycles. The molecule has 0 radical (unpaired) electrons. The van der Waals surface area contributed by atoms with E-state index in [4.69, 9.17) is 5.73 Å². The van der Waals surface area contributed by atoms with Gasteiger partial charge >= 0.3 is 0 Å². The number of pyridine rings is 1. The minimum absolute atomic E-state index is 0. The molecule has 0 fully saturated rings. The van der Waals surface area contributed by atoms with E-state index >= 15 is 0 Å². The summed E-state index contributed by atoms with van der Waals surface area (Å²) in [7, 11) is 0. The van der Waals surface area contributed by atoms with Crippen LogP contribution in [0.25, 0.3) is 0 Å². The summed E-state index contributed by atoms with van der Waals surface area (Å²) < 4.78 is 24.0. The Balaban J connectivity index is 0.00000121. The number of aromatic nitrogens is 1. The van der Waals surface area contributed by atoms with Crippen molar-refractivity contribution >= 4 is 12.4 Å². The fourth-order valence-electron chi connectivity index (χ4n) is 0.733. The third-order valence-electron chi connectivity index (χ3n) is 1.26. The number of nitrogens with zero attached hydrogens (tertiary/aromatic N) is 1. The summed E-state index contributed by atoms with van der Waals surface area (Å²) in [6, 6.07) is 4.42. The average molecular weight is 195 g/mol. The normalized spacial score (nSPS) is 9.67. The van der Waals surface area contributed by atoms with Gasteiger partial charge in [-0.25, -0.2) is 8.78 Å². The van der Waals surface area contributed by atoms with Gasteiger partial charge in [-0.2, -0.15) is 0 Å². The van der Waals surface area contributed by atoms with Gasteiger partial charge in [-0.1, -0.05) is 6.07 Å². The van der Waals surface area contributed by atoms with Crippen molar-refractivity contribution in [1.82, 2.24) is 4.98 Å². The van der Waals surface area contributed by atoms with Crippen molar-refractivity contribution in [2.45, 2.75) is 13.0 Å². The molecule has 0 spiro atoms. The van der Waals surface area contributed by atoms with E-state index in [2.05, 4.69) is 4.98 Å². The lowest BCUT2D eigenvalue weighted by molar-refractivity contribution is 0.146. The molecule has 12 heavy (non-hydrogen) atoms. The fourth-order valence-corrected chi connectivity index (χ4v) is 0.733. The Hall–Kier alpha value is -0.740. The first kappa shape index (κ1) is 11.3. The van der Waals surface area contributed by atoms with Crippen LogP contribution < -0.4 is 5.73 Å². The highest BCUT2D eigenvalue weighted by Gasteiger charge is 2.07. The topological polar surface area (TPSA) is 38.9 Å². The van der Waals surface area contributed by atoms with Crippen LogP contribution in [-0.2, 0) is 6.54 Å². The second-order valence-corrected chi connectivity index (χ2v) is 2.06. The zero-order valence-corrected chi connectivity index (χ0v) is 7.02. The van der Waals surface area contributed by atoms with Gasteiger partial charge < -0.3 is 5.73 Å². The van der Waals surface area contributed by atoms with Gasteiger partial charge in [0.1, 0.15) is 5.69 Å². The Morgan fingerprint density at radius 2 is 2.08 bits per heavy atom. The summed E-state index contributed by atoms with van der Waals surface area (Å²) in [5.41, 5.74) is 5.49. The highest BCUT2D eigenvalue weighted by molar-refractivity contribution is 5.85. The molecular formula is C7H9ClF2N2. The molecule has 1 aromatic rings. The summed E-state index contributed by atoms with van der Waals surface area (Å²) in [5.74, 6) is 0. The lowest BCUT2D eigenvalue weighted by atomic mass is 10.3. The molecule has 1 heterocycles. The molecule has 68 valence electrons. The maximum Gasteiger partial charge on any atom is 0.280 e.